The molecule has 1 saturated heterocycles. The average molecular weight is 446 g/mol. The van der Waals surface area contributed by atoms with E-state index in [1.54, 1.807) is 13.1 Å². The van der Waals surface area contributed by atoms with Crippen molar-refractivity contribution in [1.29, 1.82) is 0 Å². The largest absolute Gasteiger partial charge is 0.496 e. The number of benzene rings is 2. The summed E-state index contributed by atoms with van der Waals surface area (Å²) in [4.78, 5) is 28.3. The van der Waals surface area contributed by atoms with Gasteiger partial charge in [-0.05, 0) is 18.1 Å². The molecule has 0 aliphatic carbocycles. The summed E-state index contributed by atoms with van der Waals surface area (Å²) < 4.78 is 5.39. The smallest absolute Gasteiger partial charge is 0.255 e. The first kappa shape index (κ1) is 23.1. The normalized spacial score (nSPS) is 18.6. The molecule has 0 saturated carbocycles. The van der Waals surface area contributed by atoms with Crippen molar-refractivity contribution < 1.29 is 19.4 Å². The van der Waals surface area contributed by atoms with Gasteiger partial charge in [0.15, 0.2) is 0 Å². The number of likely N-dealkylation sites (tertiary alicyclic amines) is 1. The van der Waals surface area contributed by atoms with Crippen LogP contribution >= 0.6 is 11.6 Å². The maximum absolute atomic E-state index is 13.0. The highest BCUT2D eigenvalue weighted by atomic mass is 35.5. The molecule has 1 aliphatic rings. The number of aliphatic hydroxyl groups excluding tert-OH is 1. The van der Waals surface area contributed by atoms with Crippen LogP contribution in [0, 0.1) is 0 Å². The second-order valence-electron chi connectivity index (χ2n) is 7.74. The summed E-state index contributed by atoms with van der Waals surface area (Å²) in [5.74, 6) is -0.150. The van der Waals surface area contributed by atoms with Gasteiger partial charge in [-0.15, -0.1) is 0 Å². The summed E-state index contributed by atoms with van der Waals surface area (Å²) in [7, 11) is 3.08. The molecular weight excluding hydrogens is 418 g/mol. The van der Waals surface area contributed by atoms with Gasteiger partial charge in [0.2, 0.25) is 5.91 Å². The molecule has 2 atom stereocenters. The number of nitrogens with one attached hydrogen (secondary N) is 1. The van der Waals surface area contributed by atoms with Crippen molar-refractivity contribution in [3.8, 4) is 5.75 Å². The fraction of sp³-hybridized carbons (Fsp3) is 0.391. The fourth-order valence-corrected chi connectivity index (χ4v) is 4.16. The van der Waals surface area contributed by atoms with Crippen molar-refractivity contribution in [1.82, 2.24) is 10.2 Å². The number of ether oxygens (including phenoxy) is 1. The third kappa shape index (κ3) is 5.36. The Bertz CT molecular complexity index is 938. The van der Waals surface area contributed by atoms with E-state index in [2.05, 4.69) is 10.2 Å². The first-order chi connectivity index (χ1) is 14.8. The Balaban J connectivity index is 1.73. The predicted octanol–water partition coefficient (Wildman–Crippen LogP) is 2.70. The van der Waals surface area contributed by atoms with Crippen molar-refractivity contribution in [3.63, 3.8) is 0 Å². The molecule has 1 fully saturated rings. The van der Waals surface area contributed by atoms with Crippen molar-refractivity contribution in [2.75, 3.05) is 32.2 Å². The van der Waals surface area contributed by atoms with E-state index in [9.17, 15) is 14.7 Å². The Morgan fingerprint density at radius 3 is 2.61 bits per heavy atom. The maximum Gasteiger partial charge on any atom is 0.255 e. The molecule has 0 bridgehead atoms. The lowest BCUT2D eigenvalue weighted by Gasteiger charge is -2.22. The van der Waals surface area contributed by atoms with E-state index in [1.807, 2.05) is 30.3 Å². The molecule has 166 valence electrons. The maximum atomic E-state index is 13.0. The van der Waals surface area contributed by atoms with Gasteiger partial charge in [0.25, 0.3) is 5.91 Å². The number of amides is 2. The van der Waals surface area contributed by atoms with Crippen LogP contribution < -0.4 is 15.0 Å². The van der Waals surface area contributed by atoms with E-state index >= 15 is 0 Å². The monoisotopic (exact) mass is 445 g/mol. The van der Waals surface area contributed by atoms with Gasteiger partial charge < -0.3 is 20.1 Å². The van der Waals surface area contributed by atoms with Crippen molar-refractivity contribution in [3.05, 3.63) is 58.6 Å². The van der Waals surface area contributed by atoms with Crippen LogP contribution in [0.3, 0.4) is 0 Å². The minimum Gasteiger partial charge on any atom is -0.496 e. The molecule has 31 heavy (non-hydrogen) atoms. The zero-order valence-corrected chi connectivity index (χ0v) is 18.7. The van der Waals surface area contributed by atoms with Crippen LogP contribution in [0.2, 0.25) is 5.02 Å². The molecule has 0 spiro atoms. The number of carbonyl (C=O) groups is 2. The first-order valence-electron chi connectivity index (χ1n) is 10.2. The summed E-state index contributed by atoms with van der Waals surface area (Å²) in [5.41, 5.74) is 1.93. The van der Waals surface area contributed by atoms with E-state index < -0.39 is 0 Å². The quantitative estimate of drug-likeness (QED) is 0.684. The lowest BCUT2D eigenvalue weighted by atomic mass is 10.1. The molecule has 2 aromatic rings. The summed E-state index contributed by atoms with van der Waals surface area (Å²) in [5, 5.41) is 13.1. The molecule has 0 radical (unpaired) electrons. The number of carbonyl (C=O) groups excluding carboxylic acids is 2. The van der Waals surface area contributed by atoms with Crippen LogP contribution in [0.5, 0.6) is 5.75 Å². The van der Waals surface area contributed by atoms with Crippen LogP contribution in [0.25, 0.3) is 0 Å². The number of anilines is 1. The molecule has 3 rings (SSSR count). The minimum atomic E-state index is -0.306. The Morgan fingerprint density at radius 1 is 1.29 bits per heavy atom. The molecule has 7 nitrogen and oxygen atoms in total. The van der Waals surface area contributed by atoms with Crippen molar-refractivity contribution in [2.45, 2.75) is 32.0 Å². The van der Waals surface area contributed by atoms with Gasteiger partial charge in [-0.3, -0.25) is 14.5 Å². The Hall–Kier alpha value is -2.61. The van der Waals surface area contributed by atoms with Gasteiger partial charge in [0, 0.05) is 45.2 Å². The van der Waals surface area contributed by atoms with E-state index in [4.69, 9.17) is 16.3 Å². The van der Waals surface area contributed by atoms with Gasteiger partial charge in [0.1, 0.15) is 5.75 Å². The van der Waals surface area contributed by atoms with Gasteiger partial charge in [-0.1, -0.05) is 41.9 Å². The first-order valence-corrected chi connectivity index (χ1v) is 10.5. The van der Waals surface area contributed by atoms with Gasteiger partial charge in [-0.2, -0.15) is 0 Å². The predicted molar refractivity (Wildman–Crippen MR) is 121 cm³/mol. The average Bonchev–Trinajstić information content (AvgIpc) is 3.14. The highest BCUT2D eigenvalue weighted by molar-refractivity contribution is 6.34. The number of methoxy groups -OCH3 is 1. The van der Waals surface area contributed by atoms with E-state index in [0.717, 1.165) is 5.56 Å². The Labute approximate surface area is 187 Å². The highest BCUT2D eigenvalue weighted by Gasteiger charge is 2.33. The van der Waals surface area contributed by atoms with E-state index in [0.29, 0.717) is 36.5 Å². The second-order valence-corrected chi connectivity index (χ2v) is 8.15. The molecule has 2 N–H and O–H groups in total. The molecule has 8 heteroatoms. The number of hydrogen-bond donors (Lipinski definition) is 2. The summed E-state index contributed by atoms with van der Waals surface area (Å²) in [6.07, 6.45) is 0.649. The molecular formula is C23H28ClN3O4. The molecule has 2 aromatic carbocycles. The highest BCUT2D eigenvalue weighted by Crippen LogP contribution is 2.33. The molecule has 1 heterocycles. The summed E-state index contributed by atoms with van der Waals surface area (Å²) in [6, 6.07) is 13.0. The van der Waals surface area contributed by atoms with Crippen LogP contribution in [0.1, 0.15) is 29.3 Å². The number of halogens is 1. The van der Waals surface area contributed by atoms with Crippen LogP contribution in [-0.4, -0.2) is 61.2 Å². The molecule has 0 unspecified atom stereocenters. The lowest BCUT2D eigenvalue weighted by molar-refractivity contribution is -0.116. The van der Waals surface area contributed by atoms with Crippen LogP contribution in [0.15, 0.2) is 42.5 Å². The molecule has 2 amide bonds. The minimum absolute atomic E-state index is 0.0254. The fourth-order valence-electron chi connectivity index (χ4n) is 3.87. The zero-order chi connectivity index (χ0) is 22.5. The Morgan fingerprint density at radius 2 is 2.00 bits per heavy atom. The van der Waals surface area contributed by atoms with E-state index in [1.165, 1.54) is 25.0 Å². The lowest BCUT2D eigenvalue weighted by Crippen LogP contribution is -2.37. The van der Waals surface area contributed by atoms with Crippen molar-refractivity contribution >= 4 is 29.1 Å². The van der Waals surface area contributed by atoms with Gasteiger partial charge in [-0.25, -0.2) is 0 Å². The third-order valence-corrected chi connectivity index (χ3v) is 5.95. The number of rotatable bonds is 7. The van der Waals surface area contributed by atoms with E-state index in [-0.39, 0.29) is 35.5 Å². The number of hydrogen-bond acceptors (Lipinski definition) is 5. The van der Waals surface area contributed by atoms with Crippen LogP contribution in [0.4, 0.5) is 5.69 Å². The zero-order valence-electron chi connectivity index (χ0n) is 18.0. The number of aliphatic hydroxyl groups is 1. The Kier molecular flexibility index (Phi) is 7.54. The van der Waals surface area contributed by atoms with Gasteiger partial charge >= 0.3 is 0 Å². The summed E-state index contributed by atoms with van der Waals surface area (Å²) >= 11 is 6.35. The number of nitrogens with zero attached hydrogens (tertiary/aromatic N) is 2. The second kappa shape index (κ2) is 10.1. The summed E-state index contributed by atoms with van der Waals surface area (Å²) in [6.45, 7) is 2.80. The molecule has 0 aromatic heterocycles. The standard InChI is InChI=1S/C23H28ClN3O4/c1-15(29)26(2)21-11-22(31-3)19(10-20(21)24)23(30)25-17-9-18(14-28)27(13-17)12-16-7-5-4-6-8-16/h4-8,10-11,17-18,28H,9,12-14H2,1-3H3,(H,25,30)/t17-,18-/m0/s1. The van der Waals surface area contributed by atoms with Gasteiger partial charge in [0.05, 0.1) is 30.0 Å². The van der Waals surface area contributed by atoms with Crippen molar-refractivity contribution in [2.24, 2.45) is 0 Å². The molecule has 1 aliphatic heterocycles. The third-order valence-electron chi connectivity index (χ3n) is 5.65. The van der Waals surface area contributed by atoms with Crippen LogP contribution in [-0.2, 0) is 11.3 Å². The topological polar surface area (TPSA) is 82.1 Å². The SMILES string of the molecule is COc1cc(N(C)C(C)=O)c(Cl)cc1C(=O)N[C@H]1C[C@@H](CO)N(Cc2ccccc2)C1.